The zero-order valence-corrected chi connectivity index (χ0v) is 14.4. The minimum absolute atomic E-state index is 0.0235. The number of benzene rings is 1. The van der Waals surface area contributed by atoms with Crippen LogP contribution in [0, 0.1) is 12.8 Å². The van der Waals surface area contributed by atoms with Gasteiger partial charge in [-0.3, -0.25) is 14.5 Å². The summed E-state index contributed by atoms with van der Waals surface area (Å²) < 4.78 is 1.86. The number of rotatable bonds is 3. The van der Waals surface area contributed by atoms with Gasteiger partial charge in [0.25, 0.3) is 0 Å². The predicted octanol–water partition coefficient (Wildman–Crippen LogP) is 2.22. The van der Waals surface area contributed by atoms with Gasteiger partial charge in [0.1, 0.15) is 0 Å². The number of anilines is 1. The van der Waals surface area contributed by atoms with E-state index < -0.39 is 0 Å². The molecule has 3 heterocycles. The number of carbonyl (C=O) groups excluding carboxylic acids is 1. The molecule has 1 aliphatic heterocycles. The van der Waals surface area contributed by atoms with E-state index in [0.717, 1.165) is 34.4 Å². The van der Waals surface area contributed by atoms with Crippen LogP contribution >= 0.6 is 0 Å². The van der Waals surface area contributed by atoms with Crippen LogP contribution in [0.1, 0.15) is 17.2 Å². The first kappa shape index (κ1) is 15.8. The van der Waals surface area contributed by atoms with Crippen molar-refractivity contribution in [3.63, 3.8) is 0 Å². The maximum atomic E-state index is 12.8. The Kier molecular flexibility index (Phi) is 3.97. The highest BCUT2D eigenvalue weighted by atomic mass is 16.2. The average molecular weight is 335 g/mol. The third-order valence-corrected chi connectivity index (χ3v) is 5.08. The molecule has 3 aromatic rings. The van der Waals surface area contributed by atoms with Crippen LogP contribution in [0.25, 0.3) is 10.9 Å². The summed E-state index contributed by atoms with van der Waals surface area (Å²) in [6.45, 7) is 3.51. The van der Waals surface area contributed by atoms with Crippen LogP contribution in [0.4, 0.5) is 5.69 Å². The van der Waals surface area contributed by atoms with Gasteiger partial charge in [-0.25, -0.2) is 0 Å². The molecule has 0 bridgehead atoms. The lowest BCUT2D eigenvalue weighted by atomic mass is 9.88. The van der Waals surface area contributed by atoms with Crippen molar-refractivity contribution >= 4 is 22.5 Å². The molecule has 0 aliphatic carbocycles. The predicted molar refractivity (Wildman–Crippen MR) is 97.4 cm³/mol. The van der Waals surface area contributed by atoms with E-state index in [9.17, 15) is 4.79 Å². The van der Waals surface area contributed by atoms with Gasteiger partial charge in [0.2, 0.25) is 5.91 Å². The summed E-state index contributed by atoms with van der Waals surface area (Å²) in [5.74, 6) is 0.0480. The van der Waals surface area contributed by atoms with E-state index in [-0.39, 0.29) is 17.7 Å². The van der Waals surface area contributed by atoms with Crippen molar-refractivity contribution in [2.75, 3.05) is 18.4 Å². The van der Waals surface area contributed by atoms with Crippen LogP contribution in [0.15, 0.2) is 42.7 Å². The summed E-state index contributed by atoms with van der Waals surface area (Å²) in [6, 6.07) is 9.85. The number of aryl methyl sites for hydroxylation is 1. The highest BCUT2D eigenvalue weighted by molar-refractivity contribution is 5.95. The Hall–Kier alpha value is -2.73. The van der Waals surface area contributed by atoms with E-state index in [1.54, 1.807) is 6.20 Å². The fourth-order valence-electron chi connectivity index (χ4n) is 3.54. The number of hydrogen-bond acceptors (Lipinski definition) is 4. The molecule has 0 radical (unpaired) electrons. The topological polar surface area (TPSA) is 71.8 Å². The van der Waals surface area contributed by atoms with Gasteiger partial charge in [0.15, 0.2) is 0 Å². The molecule has 1 fully saturated rings. The third kappa shape index (κ3) is 2.89. The largest absolute Gasteiger partial charge is 0.324 e. The van der Waals surface area contributed by atoms with E-state index in [1.807, 2.05) is 55.2 Å². The monoisotopic (exact) mass is 335 g/mol. The molecule has 2 atom stereocenters. The number of aromatic nitrogens is 3. The number of carbonyl (C=O) groups is 1. The molecule has 1 amide bonds. The van der Waals surface area contributed by atoms with Gasteiger partial charge in [0, 0.05) is 37.1 Å². The Balaban J connectivity index is 1.55. The quantitative estimate of drug-likeness (QED) is 0.770. The van der Waals surface area contributed by atoms with E-state index in [2.05, 4.69) is 20.7 Å². The molecule has 0 unspecified atom stereocenters. The van der Waals surface area contributed by atoms with Crippen molar-refractivity contribution in [1.82, 2.24) is 20.1 Å². The van der Waals surface area contributed by atoms with Gasteiger partial charge < -0.3 is 10.6 Å². The van der Waals surface area contributed by atoms with Gasteiger partial charge >= 0.3 is 0 Å². The van der Waals surface area contributed by atoms with E-state index in [0.29, 0.717) is 6.54 Å². The highest BCUT2D eigenvalue weighted by Gasteiger charge is 2.35. The van der Waals surface area contributed by atoms with Crippen molar-refractivity contribution in [2.24, 2.45) is 13.0 Å². The highest BCUT2D eigenvalue weighted by Crippen LogP contribution is 2.31. The summed E-state index contributed by atoms with van der Waals surface area (Å²) in [5, 5.41) is 11.7. The molecule has 0 saturated carbocycles. The van der Waals surface area contributed by atoms with Crippen molar-refractivity contribution in [3.8, 4) is 0 Å². The van der Waals surface area contributed by atoms with Crippen molar-refractivity contribution in [3.05, 3.63) is 54.0 Å². The lowest BCUT2D eigenvalue weighted by Gasteiger charge is -2.18. The molecule has 25 heavy (non-hydrogen) atoms. The number of nitrogens with one attached hydrogen (secondary N) is 2. The van der Waals surface area contributed by atoms with Crippen LogP contribution in [0.3, 0.4) is 0 Å². The molecule has 128 valence electrons. The molecular formula is C19H21N5O. The normalized spacial score (nSPS) is 20.1. The second-order valence-electron chi connectivity index (χ2n) is 6.59. The molecule has 6 heteroatoms. The Morgan fingerprint density at radius 1 is 1.28 bits per heavy atom. The van der Waals surface area contributed by atoms with E-state index in [1.165, 1.54) is 0 Å². The Bertz CT molecular complexity index is 932. The second kappa shape index (κ2) is 6.29. The lowest BCUT2D eigenvalue weighted by Crippen LogP contribution is -2.28. The minimum atomic E-state index is -0.116. The molecule has 1 saturated heterocycles. The van der Waals surface area contributed by atoms with Crippen LogP contribution in [-0.2, 0) is 11.8 Å². The zero-order valence-electron chi connectivity index (χ0n) is 14.4. The first-order valence-corrected chi connectivity index (χ1v) is 8.48. The number of para-hydroxylation sites is 1. The van der Waals surface area contributed by atoms with Gasteiger partial charge in [-0.2, -0.15) is 5.10 Å². The number of amides is 1. The molecule has 2 aromatic heterocycles. The molecule has 6 nitrogen and oxygen atoms in total. The van der Waals surface area contributed by atoms with Gasteiger partial charge in [-0.1, -0.05) is 18.2 Å². The van der Waals surface area contributed by atoms with Crippen LogP contribution in [0.5, 0.6) is 0 Å². The maximum Gasteiger partial charge on any atom is 0.229 e. The number of nitrogens with zero attached hydrogens (tertiary/aromatic N) is 3. The summed E-state index contributed by atoms with van der Waals surface area (Å²) >= 11 is 0. The van der Waals surface area contributed by atoms with E-state index >= 15 is 0 Å². The van der Waals surface area contributed by atoms with E-state index in [4.69, 9.17) is 0 Å². The van der Waals surface area contributed by atoms with Gasteiger partial charge in [-0.05, 0) is 24.6 Å². The van der Waals surface area contributed by atoms with Crippen molar-refractivity contribution in [2.45, 2.75) is 12.8 Å². The SMILES string of the molecule is Cc1c([C@H]2CNC[C@@H]2C(=O)Nc2cnc3ccccc3c2)cnn1C. The Morgan fingerprint density at radius 2 is 2.12 bits per heavy atom. The second-order valence-corrected chi connectivity index (χ2v) is 6.59. The summed E-state index contributed by atoms with van der Waals surface area (Å²) in [5.41, 5.74) is 3.91. The fourth-order valence-corrected chi connectivity index (χ4v) is 3.54. The maximum absolute atomic E-state index is 12.8. The van der Waals surface area contributed by atoms with Crippen LogP contribution < -0.4 is 10.6 Å². The third-order valence-electron chi connectivity index (χ3n) is 5.08. The molecular weight excluding hydrogens is 314 g/mol. The standard InChI is InChI=1S/C19H21N5O/c1-12-15(11-22-24(12)2)16-9-20-10-17(16)19(25)23-14-7-13-5-3-4-6-18(13)21-8-14/h3-8,11,16-17,20H,9-10H2,1-2H3,(H,23,25)/t16-,17+/m1/s1. The lowest BCUT2D eigenvalue weighted by molar-refractivity contribution is -0.119. The van der Waals surface area contributed by atoms with Gasteiger partial charge in [0.05, 0.1) is 29.5 Å². The van der Waals surface area contributed by atoms with Crippen molar-refractivity contribution < 1.29 is 4.79 Å². The summed E-state index contributed by atoms with van der Waals surface area (Å²) in [4.78, 5) is 17.3. The molecule has 4 rings (SSSR count). The molecule has 2 N–H and O–H groups in total. The number of pyridine rings is 1. The number of fused-ring (bicyclic) bond motifs is 1. The molecule has 0 spiro atoms. The average Bonchev–Trinajstić information content (AvgIpc) is 3.22. The zero-order chi connectivity index (χ0) is 17.4. The summed E-state index contributed by atoms with van der Waals surface area (Å²) in [6.07, 6.45) is 3.60. The molecule has 1 aliphatic rings. The first-order valence-electron chi connectivity index (χ1n) is 8.48. The first-order chi connectivity index (χ1) is 12.1. The smallest absolute Gasteiger partial charge is 0.229 e. The summed E-state index contributed by atoms with van der Waals surface area (Å²) in [7, 11) is 1.93. The Morgan fingerprint density at radius 3 is 2.92 bits per heavy atom. The minimum Gasteiger partial charge on any atom is -0.324 e. The number of hydrogen-bond donors (Lipinski definition) is 2. The molecule has 1 aromatic carbocycles. The van der Waals surface area contributed by atoms with Crippen molar-refractivity contribution in [1.29, 1.82) is 0 Å². The Labute approximate surface area is 146 Å². The van der Waals surface area contributed by atoms with Gasteiger partial charge in [-0.15, -0.1) is 0 Å². The fraction of sp³-hybridized carbons (Fsp3) is 0.316. The van der Waals surface area contributed by atoms with Crippen LogP contribution in [-0.4, -0.2) is 33.8 Å². The van der Waals surface area contributed by atoms with Crippen LogP contribution in [0.2, 0.25) is 0 Å².